The Morgan fingerprint density at radius 1 is 1.04 bits per heavy atom. The van der Waals surface area contributed by atoms with Gasteiger partial charge in [-0.2, -0.15) is 0 Å². The van der Waals surface area contributed by atoms with E-state index in [2.05, 4.69) is 87.5 Å². The molecule has 1 atom stereocenters. The normalized spacial score (nSPS) is 16.2. The fourth-order valence-corrected chi connectivity index (χ4v) is 3.77. The molecule has 1 aromatic carbocycles. The Balaban J connectivity index is 1.95. The van der Waals surface area contributed by atoms with Crippen LogP contribution in [0.5, 0.6) is 0 Å². The summed E-state index contributed by atoms with van der Waals surface area (Å²) in [6.07, 6.45) is 21.8. The molecule has 0 N–H and O–H groups in total. The van der Waals surface area contributed by atoms with E-state index >= 15 is 0 Å². The molecule has 0 bridgehead atoms. The van der Waals surface area contributed by atoms with Crippen LogP contribution < -0.4 is 9.13 Å². The predicted molar refractivity (Wildman–Crippen MR) is 106 cm³/mol. The Morgan fingerprint density at radius 2 is 1.70 bits per heavy atom. The van der Waals surface area contributed by atoms with E-state index in [1.165, 1.54) is 11.4 Å². The quantitative estimate of drug-likeness (QED) is 0.507. The minimum Gasteiger partial charge on any atom is -0.230 e. The van der Waals surface area contributed by atoms with Crippen molar-refractivity contribution in [2.24, 2.45) is 20.0 Å². The highest BCUT2D eigenvalue weighted by Gasteiger charge is 2.32. The number of benzene rings is 1. The van der Waals surface area contributed by atoms with Crippen LogP contribution in [0.3, 0.4) is 0 Å². The van der Waals surface area contributed by atoms with Crippen molar-refractivity contribution in [3.05, 3.63) is 78.7 Å². The molecule has 134 valence electrons. The number of rotatable bonds is 3. The van der Waals surface area contributed by atoms with Gasteiger partial charge in [-0.25, -0.2) is 9.13 Å². The van der Waals surface area contributed by atoms with Gasteiger partial charge in [0.05, 0.1) is 19.7 Å². The van der Waals surface area contributed by atoms with Crippen LogP contribution in [0.1, 0.15) is 24.7 Å². The molecule has 27 heavy (non-hydrogen) atoms. The lowest BCUT2D eigenvalue weighted by Gasteiger charge is -2.14. The fourth-order valence-electron chi connectivity index (χ4n) is 3.77. The molecule has 1 aliphatic rings. The van der Waals surface area contributed by atoms with E-state index in [-0.39, 0.29) is 0 Å². The zero-order valence-corrected chi connectivity index (χ0v) is 16.0. The van der Waals surface area contributed by atoms with Gasteiger partial charge in [0, 0.05) is 11.1 Å². The van der Waals surface area contributed by atoms with E-state index in [1.54, 1.807) is 0 Å². The van der Waals surface area contributed by atoms with Crippen LogP contribution in [-0.4, -0.2) is 9.35 Å². The Morgan fingerprint density at radius 3 is 2.41 bits per heavy atom. The number of aromatic nitrogens is 4. The van der Waals surface area contributed by atoms with E-state index in [1.807, 2.05) is 25.2 Å². The summed E-state index contributed by atoms with van der Waals surface area (Å²) in [7, 11) is 4.14. The second-order valence-corrected chi connectivity index (χ2v) is 7.03. The lowest BCUT2D eigenvalue weighted by Crippen LogP contribution is -2.35. The van der Waals surface area contributed by atoms with Gasteiger partial charge in [-0.05, 0) is 33.8 Å². The van der Waals surface area contributed by atoms with Crippen LogP contribution in [0, 0.1) is 18.3 Å². The van der Waals surface area contributed by atoms with Crippen LogP contribution in [0.2, 0.25) is 0 Å². The smallest absolute Gasteiger partial charge is 0.230 e. The van der Waals surface area contributed by atoms with Crippen molar-refractivity contribution in [1.29, 1.82) is 0 Å². The highest BCUT2D eigenvalue weighted by molar-refractivity contribution is 5.65. The zero-order valence-electron chi connectivity index (χ0n) is 16.0. The fraction of sp³-hybridized carbons (Fsp3) is 0.217. The highest BCUT2D eigenvalue weighted by atomic mass is 15.5. The lowest BCUT2D eigenvalue weighted by atomic mass is 9.93. The second kappa shape index (κ2) is 6.77. The molecule has 0 spiro atoms. The third-order valence-electron chi connectivity index (χ3n) is 5.21. The molecule has 0 amide bonds. The van der Waals surface area contributed by atoms with Gasteiger partial charge in [-0.1, -0.05) is 43.2 Å². The molecule has 1 aliphatic carbocycles. The van der Waals surface area contributed by atoms with Crippen molar-refractivity contribution in [3.63, 3.8) is 0 Å². The molecule has 3 aromatic rings. The number of imidazole rings is 2. The topological polar surface area (TPSA) is 17.6 Å². The molecule has 4 heteroatoms. The van der Waals surface area contributed by atoms with Crippen molar-refractivity contribution < 1.29 is 9.13 Å². The van der Waals surface area contributed by atoms with Crippen LogP contribution in [-0.2, 0) is 14.1 Å². The summed E-state index contributed by atoms with van der Waals surface area (Å²) < 4.78 is 8.65. The van der Waals surface area contributed by atoms with Crippen LogP contribution >= 0.6 is 0 Å². The van der Waals surface area contributed by atoms with Gasteiger partial charge >= 0.3 is 11.6 Å². The van der Waals surface area contributed by atoms with Gasteiger partial charge in [0.15, 0.2) is 12.4 Å². The molecule has 4 rings (SSSR count). The molecule has 0 saturated heterocycles. The summed E-state index contributed by atoms with van der Waals surface area (Å²) in [6.45, 7) is 2.27. The summed E-state index contributed by atoms with van der Waals surface area (Å²) in [4.78, 5) is 0. The number of terminal acetylenes is 1. The SMILES string of the molecule is C#Cc1ccccc1-c1n(-n2cc[n+](C)c2C2=CC=CCC2C)cc[n+]1C. The average Bonchev–Trinajstić information content (AvgIpc) is 3.24. The number of nitrogens with zero attached hydrogens (tertiary/aromatic N) is 4. The minimum absolute atomic E-state index is 0.473. The largest absolute Gasteiger partial charge is 0.331 e. The number of allylic oxidation sites excluding steroid dienone is 4. The number of hydrogen-bond acceptors (Lipinski definition) is 0. The first-order valence-corrected chi connectivity index (χ1v) is 9.19. The van der Waals surface area contributed by atoms with Crippen molar-refractivity contribution in [1.82, 2.24) is 9.35 Å². The molecule has 0 aliphatic heterocycles. The maximum absolute atomic E-state index is 5.77. The molecule has 1 unspecified atom stereocenters. The maximum atomic E-state index is 5.77. The predicted octanol–water partition coefficient (Wildman–Crippen LogP) is 2.88. The lowest BCUT2D eigenvalue weighted by molar-refractivity contribution is -0.674. The molecular weight excluding hydrogens is 332 g/mol. The van der Waals surface area contributed by atoms with Gasteiger partial charge in [-0.3, -0.25) is 0 Å². The van der Waals surface area contributed by atoms with E-state index < -0.39 is 0 Å². The van der Waals surface area contributed by atoms with Gasteiger partial charge < -0.3 is 0 Å². The Bertz CT molecular complexity index is 1100. The summed E-state index contributed by atoms with van der Waals surface area (Å²) in [5.41, 5.74) is 3.26. The second-order valence-electron chi connectivity index (χ2n) is 7.03. The molecule has 0 saturated carbocycles. The molecule has 2 heterocycles. The van der Waals surface area contributed by atoms with Crippen molar-refractivity contribution >= 4 is 5.57 Å². The van der Waals surface area contributed by atoms with E-state index in [4.69, 9.17) is 6.42 Å². The third-order valence-corrected chi connectivity index (χ3v) is 5.21. The number of aryl methyl sites for hydroxylation is 2. The van der Waals surface area contributed by atoms with Crippen LogP contribution in [0.15, 0.2) is 67.3 Å². The first-order valence-electron chi connectivity index (χ1n) is 9.19. The summed E-state index contributed by atoms with van der Waals surface area (Å²) in [5.74, 6) is 5.50. The molecule has 0 fully saturated rings. The first-order chi connectivity index (χ1) is 13.1. The first kappa shape index (κ1) is 17.1. The molecule has 0 radical (unpaired) electrons. The van der Waals surface area contributed by atoms with E-state index in [9.17, 15) is 0 Å². The van der Waals surface area contributed by atoms with E-state index in [0.717, 1.165) is 23.4 Å². The van der Waals surface area contributed by atoms with E-state index in [0.29, 0.717) is 5.92 Å². The number of hydrogen-bond donors (Lipinski definition) is 0. The van der Waals surface area contributed by atoms with Crippen molar-refractivity contribution in [2.75, 3.05) is 0 Å². The van der Waals surface area contributed by atoms with Crippen LogP contribution in [0.25, 0.3) is 17.0 Å². The summed E-state index contributed by atoms with van der Waals surface area (Å²) >= 11 is 0. The summed E-state index contributed by atoms with van der Waals surface area (Å²) in [5, 5.41) is 0. The van der Waals surface area contributed by atoms with Crippen LogP contribution in [0.4, 0.5) is 0 Å². The molecule has 4 nitrogen and oxygen atoms in total. The molecular formula is C23H24N4+2. The maximum Gasteiger partial charge on any atom is 0.331 e. The Hall–Kier alpha value is -3.32. The van der Waals surface area contributed by atoms with Crippen molar-refractivity contribution in [3.8, 4) is 23.7 Å². The Kier molecular flexibility index (Phi) is 4.29. The minimum atomic E-state index is 0.473. The summed E-state index contributed by atoms with van der Waals surface area (Å²) in [6, 6.07) is 8.07. The van der Waals surface area contributed by atoms with Gasteiger partial charge in [-0.15, -0.1) is 6.42 Å². The van der Waals surface area contributed by atoms with Gasteiger partial charge in [0.2, 0.25) is 0 Å². The average molecular weight is 356 g/mol. The van der Waals surface area contributed by atoms with Gasteiger partial charge in [0.1, 0.15) is 12.4 Å². The third kappa shape index (κ3) is 2.82. The Labute approximate surface area is 160 Å². The van der Waals surface area contributed by atoms with Gasteiger partial charge in [0.25, 0.3) is 0 Å². The van der Waals surface area contributed by atoms with Crippen molar-refractivity contribution in [2.45, 2.75) is 13.3 Å². The molecule has 2 aromatic heterocycles. The monoisotopic (exact) mass is 356 g/mol. The standard InChI is InChI=1S/C23H24N4/c1-5-19-11-7-9-13-21(19)23-25(4)15-17-27(23)26-16-14-24(3)22(26)20-12-8-6-10-18(20)2/h1,6-9,11-18H,10H2,2-4H3/q+2. The highest BCUT2D eigenvalue weighted by Crippen LogP contribution is 2.28. The zero-order chi connectivity index (χ0) is 19.0.